The third kappa shape index (κ3) is 3.93. The molecule has 0 saturated heterocycles. The van der Waals surface area contributed by atoms with Crippen molar-refractivity contribution in [2.75, 3.05) is 5.32 Å². The monoisotopic (exact) mass is 403 g/mol. The van der Waals surface area contributed by atoms with Gasteiger partial charge in [0.1, 0.15) is 12.2 Å². The van der Waals surface area contributed by atoms with Gasteiger partial charge in [-0.15, -0.1) is 10.2 Å². The largest absolute Gasteiger partial charge is 0.419 e. The molecule has 0 radical (unpaired) electrons. The summed E-state index contributed by atoms with van der Waals surface area (Å²) in [5.74, 6) is 0.215. The highest BCUT2D eigenvalue weighted by Crippen LogP contribution is 2.28. The minimum atomic E-state index is -0.515. The molecule has 4 aromatic rings. The molecule has 0 saturated carbocycles. The van der Waals surface area contributed by atoms with Crippen molar-refractivity contribution in [2.45, 2.75) is 26.3 Å². The Balaban J connectivity index is 1.62. The predicted octanol–water partition coefficient (Wildman–Crippen LogP) is 3.38. The summed E-state index contributed by atoms with van der Waals surface area (Å²) in [4.78, 5) is 23.9. The van der Waals surface area contributed by atoms with Gasteiger partial charge in [0.2, 0.25) is 17.7 Å². The summed E-state index contributed by atoms with van der Waals surface area (Å²) < 4.78 is 7.65. The Labute approximate surface area is 172 Å². The average Bonchev–Trinajstić information content (AvgIpc) is 3.33. The zero-order chi connectivity index (χ0) is 21.1. The third-order valence-electron chi connectivity index (χ3n) is 4.72. The highest BCUT2D eigenvalue weighted by atomic mass is 16.4. The molecule has 4 rings (SSSR count). The van der Waals surface area contributed by atoms with Crippen LogP contribution in [-0.4, -0.2) is 26.6 Å². The van der Waals surface area contributed by atoms with Gasteiger partial charge in [-0.2, -0.15) is 0 Å². The van der Waals surface area contributed by atoms with E-state index in [0.29, 0.717) is 35.1 Å². The molecule has 8 heteroatoms. The number of hydrogen-bond acceptors (Lipinski definition) is 5. The van der Waals surface area contributed by atoms with E-state index in [4.69, 9.17) is 10.2 Å². The molecule has 30 heavy (non-hydrogen) atoms. The van der Waals surface area contributed by atoms with Gasteiger partial charge in [0.05, 0.1) is 0 Å². The maximum Gasteiger partial charge on any atom is 0.264 e. The second-order valence-corrected chi connectivity index (χ2v) is 6.92. The van der Waals surface area contributed by atoms with E-state index >= 15 is 0 Å². The number of anilines is 1. The topological polar surface area (TPSA) is 116 Å². The SMILES string of the molecule is CCCc1nnc(-c2cc3ccccc3n2CC(=O)Nc2ccc(C(N)=O)cc2)o1. The van der Waals surface area contributed by atoms with Crippen LogP contribution in [0, 0.1) is 0 Å². The first-order valence-electron chi connectivity index (χ1n) is 9.66. The van der Waals surface area contributed by atoms with Crippen LogP contribution in [0.15, 0.2) is 59.0 Å². The van der Waals surface area contributed by atoms with Crippen LogP contribution in [0.4, 0.5) is 5.69 Å². The molecule has 0 aliphatic heterocycles. The van der Waals surface area contributed by atoms with E-state index in [-0.39, 0.29) is 12.5 Å². The van der Waals surface area contributed by atoms with Crippen molar-refractivity contribution in [3.05, 3.63) is 66.1 Å². The van der Waals surface area contributed by atoms with Gasteiger partial charge in [0.15, 0.2) is 0 Å². The van der Waals surface area contributed by atoms with Gasteiger partial charge in [-0.3, -0.25) is 9.59 Å². The van der Waals surface area contributed by atoms with Crippen LogP contribution in [-0.2, 0) is 17.8 Å². The van der Waals surface area contributed by atoms with Crippen molar-refractivity contribution in [1.29, 1.82) is 0 Å². The lowest BCUT2D eigenvalue weighted by Gasteiger charge is -2.10. The Kier molecular flexibility index (Phi) is 5.30. The quantitative estimate of drug-likeness (QED) is 0.491. The molecule has 0 fully saturated rings. The molecular formula is C22H21N5O3. The summed E-state index contributed by atoms with van der Waals surface area (Å²) in [7, 11) is 0. The van der Waals surface area contributed by atoms with E-state index in [2.05, 4.69) is 15.5 Å². The number of rotatable bonds is 7. The number of fused-ring (bicyclic) bond motifs is 1. The van der Waals surface area contributed by atoms with Crippen molar-refractivity contribution in [3.8, 4) is 11.6 Å². The number of nitrogens with zero attached hydrogens (tertiary/aromatic N) is 3. The Bertz CT molecular complexity index is 1210. The number of aromatic nitrogens is 3. The van der Waals surface area contributed by atoms with Crippen molar-refractivity contribution in [1.82, 2.24) is 14.8 Å². The van der Waals surface area contributed by atoms with E-state index in [1.54, 1.807) is 24.3 Å². The van der Waals surface area contributed by atoms with Crippen LogP contribution >= 0.6 is 0 Å². The van der Waals surface area contributed by atoms with Gasteiger partial charge in [-0.1, -0.05) is 25.1 Å². The molecule has 2 aromatic carbocycles. The van der Waals surface area contributed by atoms with Gasteiger partial charge in [-0.25, -0.2) is 0 Å². The minimum absolute atomic E-state index is 0.0614. The summed E-state index contributed by atoms with van der Waals surface area (Å²) >= 11 is 0. The van der Waals surface area contributed by atoms with E-state index < -0.39 is 5.91 Å². The number of carbonyl (C=O) groups is 2. The fraction of sp³-hybridized carbons (Fsp3) is 0.182. The van der Waals surface area contributed by atoms with E-state index in [1.807, 2.05) is 41.8 Å². The maximum absolute atomic E-state index is 12.7. The lowest BCUT2D eigenvalue weighted by Crippen LogP contribution is -2.19. The molecule has 0 bridgehead atoms. The number of amides is 2. The second-order valence-electron chi connectivity index (χ2n) is 6.92. The Morgan fingerprint density at radius 3 is 2.60 bits per heavy atom. The molecule has 2 amide bonds. The van der Waals surface area contributed by atoms with Gasteiger partial charge in [-0.05, 0) is 42.8 Å². The molecule has 8 nitrogen and oxygen atoms in total. The van der Waals surface area contributed by atoms with Crippen LogP contribution in [0.2, 0.25) is 0 Å². The Morgan fingerprint density at radius 1 is 1.10 bits per heavy atom. The standard InChI is InChI=1S/C22H21N5O3/c1-2-5-20-25-26-22(30-20)18-12-15-6-3-4-7-17(15)27(18)13-19(28)24-16-10-8-14(9-11-16)21(23)29/h3-4,6-12H,2,5,13H2,1H3,(H2,23,29)(H,24,28). The van der Waals surface area contributed by atoms with E-state index in [0.717, 1.165) is 17.3 Å². The molecule has 2 heterocycles. The van der Waals surface area contributed by atoms with E-state index in [9.17, 15) is 9.59 Å². The van der Waals surface area contributed by atoms with Crippen LogP contribution in [0.25, 0.3) is 22.5 Å². The number of primary amides is 1. The van der Waals surface area contributed by atoms with E-state index in [1.165, 1.54) is 0 Å². The van der Waals surface area contributed by atoms with Gasteiger partial charge >= 0.3 is 0 Å². The minimum Gasteiger partial charge on any atom is -0.419 e. The number of carbonyl (C=O) groups excluding carboxylic acids is 2. The van der Waals surface area contributed by atoms with Crippen LogP contribution in [0.3, 0.4) is 0 Å². The summed E-state index contributed by atoms with van der Waals surface area (Å²) in [6.45, 7) is 2.10. The normalized spacial score (nSPS) is 11.0. The van der Waals surface area contributed by atoms with Crippen LogP contribution < -0.4 is 11.1 Å². The first-order valence-corrected chi connectivity index (χ1v) is 9.66. The smallest absolute Gasteiger partial charge is 0.264 e. The predicted molar refractivity (Wildman–Crippen MR) is 113 cm³/mol. The summed E-state index contributed by atoms with van der Waals surface area (Å²) in [5.41, 5.74) is 7.78. The fourth-order valence-electron chi connectivity index (χ4n) is 3.29. The number of para-hydroxylation sites is 1. The summed E-state index contributed by atoms with van der Waals surface area (Å²) in [6.07, 6.45) is 1.61. The third-order valence-corrected chi connectivity index (χ3v) is 4.72. The highest BCUT2D eigenvalue weighted by molar-refractivity contribution is 5.95. The molecule has 152 valence electrons. The first-order chi connectivity index (χ1) is 14.5. The van der Waals surface area contributed by atoms with Gasteiger partial charge < -0.3 is 20.0 Å². The fourth-order valence-corrected chi connectivity index (χ4v) is 3.29. The average molecular weight is 403 g/mol. The Morgan fingerprint density at radius 2 is 1.87 bits per heavy atom. The number of nitrogens with two attached hydrogens (primary N) is 1. The Hall–Kier alpha value is -3.94. The van der Waals surface area contributed by atoms with Crippen molar-refractivity contribution >= 4 is 28.4 Å². The molecule has 0 spiro atoms. The summed E-state index contributed by atoms with van der Waals surface area (Å²) in [5, 5.41) is 12.1. The second kappa shape index (κ2) is 8.20. The van der Waals surface area contributed by atoms with Crippen LogP contribution in [0.1, 0.15) is 29.6 Å². The van der Waals surface area contributed by atoms with Gasteiger partial charge in [0, 0.05) is 28.6 Å². The number of nitrogens with one attached hydrogen (secondary N) is 1. The summed E-state index contributed by atoms with van der Waals surface area (Å²) in [6, 6.07) is 16.1. The van der Waals surface area contributed by atoms with Crippen LogP contribution in [0.5, 0.6) is 0 Å². The number of aryl methyl sites for hydroxylation is 1. The zero-order valence-corrected chi connectivity index (χ0v) is 16.5. The van der Waals surface area contributed by atoms with Gasteiger partial charge in [0.25, 0.3) is 5.89 Å². The van der Waals surface area contributed by atoms with Crippen molar-refractivity contribution in [3.63, 3.8) is 0 Å². The molecule has 0 aliphatic rings. The lowest BCUT2D eigenvalue weighted by atomic mass is 10.2. The van der Waals surface area contributed by atoms with Crippen molar-refractivity contribution in [2.24, 2.45) is 5.73 Å². The first kappa shape index (κ1) is 19.4. The number of benzene rings is 2. The number of hydrogen-bond donors (Lipinski definition) is 2. The molecule has 0 unspecified atom stereocenters. The molecular weight excluding hydrogens is 382 g/mol. The zero-order valence-electron chi connectivity index (χ0n) is 16.5. The lowest BCUT2D eigenvalue weighted by molar-refractivity contribution is -0.116. The molecule has 2 aromatic heterocycles. The highest BCUT2D eigenvalue weighted by Gasteiger charge is 2.18. The molecule has 0 atom stereocenters. The molecule has 0 aliphatic carbocycles. The maximum atomic E-state index is 12.7. The molecule has 3 N–H and O–H groups in total. The van der Waals surface area contributed by atoms with Crippen molar-refractivity contribution < 1.29 is 14.0 Å².